The lowest BCUT2D eigenvalue weighted by Gasteiger charge is -2.06. The lowest BCUT2D eigenvalue weighted by molar-refractivity contribution is 0.414. The molecule has 0 saturated carbocycles. The van der Waals surface area contributed by atoms with E-state index in [1.54, 1.807) is 7.11 Å². The van der Waals surface area contributed by atoms with E-state index in [1.165, 1.54) is 0 Å². The minimum absolute atomic E-state index is 0.684. The van der Waals surface area contributed by atoms with Crippen molar-refractivity contribution in [2.45, 2.75) is 13.8 Å². The van der Waals surface area contributed by atoms with E-state index < -0.39 is 0 Å². The van der Waals surface area contributed by atoms with Gasteiger partial charge in [0.2, 0.25) is 0 Å². The van der Waals surface area contributed by atoms with Crippen LogP contribution in [-0.4, -0.2) is 7.11 Å². The molecular formula is C9H11N3O. The van der Waals surface area contributed by atoms with Crippen LogP contribution < -0.4 is 4.74 Å². The van der Waals surface area contributed by atoms with Gasteiger partial charge in [0.25, 0.3) is 0 Å². The van der Waals surface area contributed by atoms with Gasteiger partial charge in [0.05, 0.1) is 7.11 Å². The van der Waals surface area contributed by atoms with Gasteiger partial charge in [-0.25, -0.2) is 0 Å². The van der Waals surface area contributed by atoms with Gasteiger partial charge in [-0.1, -0.05) is 5.11 Å². The molecule has 0 aliphatic rings. The summed E-state index contributed by atoms with van der Waals surface area (Å²) in [7, 11) is 1.61. The number of azide groups is 1. The van der Waals surface area contributed by atoms with Crippen LogP contribution in [0.2, 0.25) is 0 Å². The molecule has 4 heteroatoms. The van der Waals surface area contributed by atoms with Crippen molar-refractivity contribution in [3.8, 4) is 5.75 Å². The predicted molar refractivity (Wildman–Crippen MR) is 51.3 cm³/mol. The highest BCUT2D eigenvalue weighted by Gasteiger charge is 2.02. The Balaban J connectivity index is 3.30. The molecule has 0 radical (unpaired) electrons. The van der Waals surface area contributed by atoms with Gasteiger partial charge in [-0.05, 0) is 42.6 Å². The van der Waals surface area contributed by atoms with Gasteiger partial charge in [0.1, 0.15) is 5.75 Å². The Hall–Kier alpha value is -1.67. The molecule has 1 rings (SSSR count). The summed E-state index contributed by atoms with van der Waals surface area (Å²) in [4.78, 5) is 2.77. The SMILES string of the molecule is COc1cc(C)c(N=[N+]=[N-])c(C)c1. The lowest BCUT2D eigenvalue weighted by Crippen LogP contribution is -1.86. The molecule has 0 unspecified atom stereocenters. The summed E-state index contributed by atoms with van der Waals surface area (Å²) >= 11 is 0. The highest BCUT2D eigenvalue weighted by molar-refractivity contribution is 5.55. The Morgan fingerprint density at radius 2 is 1.85 bits per heavy atom. The molecule has 0 aliphatic carbocycles. The topological polar surface area (TPSA) is 58.0 Å². The first-order valence-electron chi connectivity index (χ1n) is 3.89. The van der Waals surface area contributed by atoms with Crippen molar-refractivity contribution < 1.29 is 4.74 Å². The zero-order chi connectivity index (χ0) is 9.84. The molecule has 68 valence electrons. The molecule has 4 nitrogen and oxygen atoms in total. The summed E-state index contributed by atoms with van der Waals surface area (Å²) in [5.74, 6) is 0.784. The summed E-state index contributed by atoms with van der Waals surface area (Å²) in [5.41, 5.74) is 10.9. The normalized spacial score (nSPS) is 9.15. The van der Waals surface area contributed by atoms with E-state index in [-0.39, 0.29) is 0 Å². The second-order valence-electron chi connectivity index (χ2n) is 2.80. The second kappa shape index (κ2) is 3.83. The number of benzene rings is 1. The van der Waals surface area contributed by atoms with Crippen molar-refractivity contribution in [1.29, 1.82) is 0 Å². The quantitative estimate of drug-likeness (QED) is 0.388. The molecule has 1 aromatic rings. The molecule has 1 aromatic carbocycles. The fourth-order valence-electron chi connectivity index (χ4n) is 1.24. The van der Waals surface area contributed by atoms with E-state index in [0.717, 1.165) is 16.9 Å². The Bertz CT molecular complexity index is 344. The summed E-state index contributed by atoms with van der Waals surface area (Å²) in [6, 6.07) is 3.69. The summed E-state index contributed by atoms with van der Waals surface area (Å²) in [6.07, 6.45) is 0. The minimum atomic E-state index is 0.684. The number of hydrogen-bond acceptors (Lipinski definition) is 2. The molecule has 0 spiro atoms. The van der Waals surface area contributed by atoms with Crippen molar-refractivity contribution in [2.24, 2.45) is 5.11 Å². The third-order valence-corrected chi connectivity index (χ3v) is 1.84. The Labute approximate surface area is 76.8 Å². The molecular weight excluding hydrogens is 166 g/mol. The van der Waals surface area contributed by atoms with E-state index >= 15 is 0 Å². The van der Waals surface area contributed by atoms with E-state index in [4.69, 9.17) is 10.3 Å². The number of nitrogens with zero attached hydrogens (tertiary/aromatic N) is 3. The van der Waals surface area contributed by atoms with Crippen molar-refractivity contribution in [3.05, 3.63) is 33.7 Å². The van der Waals surface area contributed by atoms with Gasteiger partial charge >= 0.3 is 0 Å². The van der Waals surface area contributed by atoms with Crippen molar-refractivity contribution in [1.82, 2.24) is 0 Å². The highest BCUT2D eigenvalue weighted by atomic mass is 16.5. The van der Waals surface area contributed by atoms with Crippen LogP contribution in [0.25, 0.3) is 10.4 Å². The van der Waals surface area contributed by atoms with Crippen LogP contribution in [0, 0.1) is 13.8 Å². The number of methoxy groups -OCH3 is 1. The molecule has 0 heterocycles. The third kappa shape index (κ3) is 1.92. The summed E-state index contributed by atoms with van der Waals surface area (Å²) < 4.78 is 5.07. The van der Waals surface area contributed by atoms with Crippen molar-refractivity contribution in [2.75, 3.05) is 7.11 Å². The molecule has 0 saturated heterocycles. The maximum absolute atomic E-state index is 8.32. The van der Waals surface area contributed by atoms with E-state index in [2.05, 4.69) is 10.0 Å². The molecule has 0 aliphatic heterocycles. The zero-order valence-corrected chi connectivity index (χ0v) is 7.90. The molecule has 0 N–H and O–H groups in total. The summed E-state index contributed by atoms with van der Waals surface area (Å²) in [6.45, 7) is 3.78. The summed E-state index contributed by atoms with van der Waals surface area (Å²) in [5, 5.41) is 3.61. The molecule has 0 atom stereocenters. The smallest absolute Gasteiger partial charge is 0.119 e. The Kier molecular flexibility index (Phi) is 2.77. The van der Waals surface area contributed by atoms with Crippen LogP contribution in [-0.2, 0) is 0 Å². The standard InChI is InChI=1S/C9H11N3O/c1-6-4-8(13-3)5-7(2)9(6)11-12-10/h4-5H,1-3H3. The van der Waals surface area contributed by atoms with Gasteiger partial charge in [-0.2, -0.15) is 0 Å². The zero-order valence-electron chi connectivity index (χ0n) is 7.90. The first kappa shape index (κ1) is 9.42. The highest BCUT2D eigenvalue weighted by Crippen LogP contribution is 2.28. The number of ether oxygens (including phenoxy) is 1. The first-order chi connectivity index (χ1) is 6.19. The van der Waals surface area contributed by atoms with Crippen molar-refractivity contribution in [3.63, 3.8) is 0 Å². The van der Waals surface area contributed by atoms with Gasteiger partial charge in [-0.15, -0.1) is 0 Å². The van der Waals surface area contributed by atoms with Crippen molar-refractivity contribution >= 4 is 5.69 Å². The van der Waals surface area contributed by atoms with E-state index in [9.17, 15) is 0 Å². The largest absolute Gasteiger partial charge is 0.497 e. The molecule has 0 fully saturated rings. The lowest BCUT2D eigenvalue weighted by atomic mass is 10.1. The number of rotatable bonds is 2. The van der Waals surface area contributed by atoms with E-state index in [0.29, 0.717) is 5.69 Å². The minimum Gasteiger partial charge on any atom is -0.497 e. The van der Waals surface area contributed by atoms with Crippen LogP contribution >= 0.6 is 0 Å². The Morgan fingerprint density at radius 1 is 1.31 bits per heavy atom. The average Bonchev–Trinajstić information content (AvgIpc) is 2.11. The van der Waals surface area contributed by atoms with Gasteiger partial charge in [-0.3, -0.25) is 0 Å². The van der Waals surface area contributed by atoms with Gasteiger partial charge < -0.3 is 4.74 Å². The fraction of sp³-hybridized carbons (Fsp3) is 0.333. The fourth-order valence-corrected chi connectivity index (χ4v) is 1.24. The molecule has 0 aromatic heterocycles. The monoisotopic (exact) mass is 177 g/mol. The Morgan fingerprint density at radius 3 is 2.23 bits per heavy atom. The average molecular weight is 177 g/mol. The van der Waals surface area contributed by atoms with Gasteiger partial charge in [0.15, 0.2) is 0 Å². The van der Waals surface area contributed by atoms with Crippen LogP contribution in [0.5, 0.6) is 5.75 Å². The molecule has 0 amide bonds. The third-order valence-electron chi connectivity index (χ3n) is 1.84. The predicted octanol–water partition coefficient (Wildman–Crippen LogP) is 3.25. The maximum Gasteiger partial charge on any atom is 0.119 e. The second-order valence-corrected chi connectivity index (χ2v) is 2.80. The van der Waals surface area contributed by atoms with E-state index in [1.807, 2.05) is 26.0 Å². The van der Waals surface area contributed by atoms with Crippen LogP contribution in [0.4, 0.5) is 5.69 Å². The molecule has 0 bridgehead atoms. The molecule has 13 heavy (non-hydrogen) atoms. The van der Waals surface area contributed by atoms with Crippen LogP contribution in [0.1, 0.15) is 11.1 Å². The van der Waals surface area contributed by atoms with Gasteiger partial charge in [0, 0.05) is 10.6 Å². The van der Waals surface area contributed by atoms with Crippen LogP contribution in [0.15, 0.2) is 17.2 Å². The first-order valence-corrected chi connectivity index (χ1v) is 3.89. The number of hydrogen-bond donors (Lipinski definition) is 0. The van der Waals surface area contributed by atoms with Crippen LogP contribution in [0.3, 0.4) is 0 Å². The number of aryl methyl sites for hydroxylation is 2. The maximum atomic E-state index is 8.32.